The van der Waals surface area contributed by atoms with E-state index in [1.165, 1.54) is 5.56 Å². The topological polar surface area (TPSA) is 57.1 Å². The van der Waals surface area contributed by atoms with Gasteiger partial charge >= 0.3 is 0 Å². The Morgan fingerprint density at radius 2 is 2.22 bits per heavy atom. The van der Waals surface area contributed by atoms with Crippen LogP contribution in [0.15, 0.2) is 35.3 Å². The normalized spacial score (nSPS) is 19.9. The van der Waals surface area contributed by atoms with Gasteiger partial charge in [-0.1, -0.05) is 37.3 Å². The van der Waals surface area contributed by atoms with Crippen LogP contribution in [0.4, 0.5) is 0 Å². The van der Waals surface area contributed by atoms with Crippen LogP contribution in [0.5, 0.6) is 0 Å². The predicted molar refractivity (Wildman–Crippen MR) is 93.4 cm³/mol. The average Bonchev–Trinajstić information content (AvgIpc) is 2.99. The van der Waals surface area contributed by atoms with Crippen LogP contribution >= 0.6 is 0 Å². The molecule has 0 aromatic heterocycles. The van der Waals surface area contributed by atoms with Crippen molar-refractivity contribution in [3.05, 3.63) is 35.9 Å². The molecule has 1 aromatic rings. The molecule has 2 rings (SSSR count). The lowest BCUT2D eigenvalue weighted by atomic mass is 10.2. The molecule has 0 aliphatic carbocycles. The van der Waals surface area contributed by atoms with E-state index in [0.29, 0.717) is 25.7 Å². The summed E-state index contributed by atoms with van der Waals surface area (Å²) in [5.74, 6) is 1.26. The largest absolute Gasteiger partial charge is 0.391 e. The van der Waals surface area contributed by atoms with Gasteiger partial charge in [-0.25, -0.2) is 0 Å². The van der Waals surface area contributed by atoms with E-state index >= 15 is 0 Å². The number of aliphatic hydroxyl groups excluding tert-OH is 1. The fourth-order valence-electron chi connectivity index (χ4n) is 2.61. The second kappa shape index (κ2) is 9.53. The van der Waals surface area contributed by atoms with Crippen LogP contribution in [0.2, 0.25) is 0 Å². The molecule has 1 unspecified atom stereocenters. The zero-order valence-electron chi connectivity index (χ0n) is 14.2. The summed E-state index contributed by atoms with van der Waals surface area (Å²) in [5.41, 5.74) is 1.20. The summed E-state index contributed by atoms with van der Waals surface area (Å²) in [6, 6.07) is 10.2. The Kier molecular flexibility index (Phi) is 7.36. The minimum Gasteiger partial charge on any atom is -0.391 e. The van der Waals surface area contributed by atoms with Crippen molar-refractivity contribution in [2.75, 3.05) is 32.8 Å². The van der Waals surface area contributed by atoms with Crippen molar-refractivity contribution in [3.8, 4) is 0 Å². The van der Waals surface area contributed by atoms with Crippen molar-refractivity contribution in [1.82, 2.24) is 10.2 Å². The molecule has 0 radical (unpaired) electrons. The Morgan fingerprint density at radius 1 is 1.43 bits per heavy atom. The van der Waals surface area contributed by atoms with Gasteiger partial charge < -0.3 is 20.1 Å². The quantitative estimate of drug-likeness (QED) is 0.595. The van der Waals surface area contributed by atoms with Gasteiger partial charge in [-0.3, -0.25) is 4.99 Å². The highest BCUT2D eigenvalue weighted by molar-refractivity contribution is 5.80. The first-order valence-electron chi connectivity index (χ1n) is 8.52. The Morgan fingerprint density at radius 3 is 2.87 bits per heavy atom. The number of guanidine groups is 1. The summed E-state index contributed by atoms with van der Waals surface area (Å²) in [6.45, 7) is 8.66. The molecule has 1 heterocycles. The van der Waals surface area contributed by atoms with Gasteiger partial charge in [-0.15, -0.1) is 0 Å². The third-order valence-corrected chi connectivity index (χ3v) is 3.86. The third kappa shape index (κ3) is 6.20. The smallest absolute Gasteiger partial charge is 0.194 e. The van der Waals surface area contributed by atoms with Crippen LogP contribution in [0.25, 0.3) is 0 Å². The lowest BCUT2D eigenvalue weighted by molar-refractivity contribution is 0.0944. The molecule has 1 aliphatic rings. The number of β-amino-alcohol motifs (C(OH)–C–C–N with tert-alkyl or cyclic N) is 1. The summed E-state index contributed by atoms with van der Waals surface area (Å²) in [5, 5.41) is 13.0. The minimum absolute atomic E-state index is 0.231. The molecule has 1 fully saturated rings. The van der Waals surface area contributed by atoms with E-state index < -0.39 is 0 Å². The van der Waals surface area contributed by atoms with Crippen LogP contribution in [0.3, 0.4) is 0 Å². The highest BCUT2D eigenvalue weighted by atomic mass is 16.5. The molecular weight excluding hydrogens is 290 g/mol. The molecule has 5 heteroatoms. The minimum atomic E-state index is -0.231. The standard InChI is InChI=1S/C18H29N3O2/c1-3-19-18(21-10-9-17(22)12-21)20-11-15(2)13-23-14-16-7-5-4-6-8-16/h4-8,15,17,22H,3,9-14H2,1-2H3,(H,19,20)/t15?,17-/m1/s1. The van der Waals surface area contributed by atoms with Crippen molar-refractivity contribution in [2.45, 2.75) is 33.0 Å². The molecule has 0 bridgehead atoms. The molecule has 5 nitrogen and oxygen atoms in total. The molecular formula is C18H29N3O2. The maximum absolute atomic E-state index is 9.67. The maximum atomic E-state index is 9.67. The van der Waals surface area contributed by atoms with Gasteiger partial charge in [0.25, 0.3) is 0 Å². The fourth-order valence-corrected chi connectivity index (χ4v) is 2.61. The first kappa shape index (κ1) is 17.8. The number of nitrogens with zero attached hydrogens (tertiary/aromatic N) is 2. The number of likely N-dealkylation sites (tertiary alicyclic amines) is 1. The monoisotopic (exact) mass is 319 g/mol. The molecule has 0 saturated carbocycles. The number of ether oxygens (including phenoxy) is 1. The van der Waals surface area contributed by atoms with Crippen molar-refractivity contribution in [3.63, 3.8) is 0 Å². The Hall–Kier alpha value is -1.59. The number of hydrogen-bond acceptors (Lipinski definition) is 3. The first-order valence-corrected chi connectivity index (χ1v) is 8.52. The summed E-state index contributed by atoms with van der Waals surface area (Å²) < 4.78 is 5.77. The van der Waals surface area contributed by atoms with Crippen LogP contribution in [0, 0.1) is 5.92 Å². The van der Waals surface area contributed by atoms with Crippen LogP contribution in [0.1, 0.15) is 25.8 Å². The van der Waals surface area contributed by atoms with Crippen molar-refractivity contribution < 1.29 is 9.84 Å². The van der Waals surface area contributed by atoms with Gasteiger partial charge in [0.1, 0.15) is 0 Å². The zero-order chi connectivity index (χ0) is 16.5. The average molecular weight is 319 g/mol. The Bertz CT molecular complexity index is 478. The molecule has 2 atom stereocenters. The highest BCUT2D eigenvalue weighted by Crippen LogP contribution is 2.09. The molecule has 0 amide bonds. The van der Waals surface area contributed by atoms with E-state index in [2.05, 4.69) is 36.2 Å². The van der Waals surface area contributed by atoms with Gasteiger partial charge in [0.05, 0.1) is 19.3 Å². The second-order valence-corrected chi connectivity index (χ2v) is 6.19. The SMILES string of the molecule is CCNC(=NCC(C)COCc1ccccc1)N1CC[C@@H](O)C1. The molecule has 2 N–H and O–H groups in total. The number of hydrogen-bond donors (Lipinski definition) is 2. The molecule has 0 spiro atoms. The van der Waals surface area contributed by atoms with Gasteiger partial charge in [0, 0.05) is 26.2 Å². The Labute approximate surface area is 139 Å². The number of aliphatic hydroxyl groups is 1. The van der Waals surface area contributed by atoms with Gasteiger partial charge in [-0.2, -0.15) is 0 Å². The van der Waals surface area contributed by atoms with Crippen molar-refractivity contribution in [2.24, 2.45) is 10.9 Å². The van der Waals surface area contributed by atoms with E-state index in [9.17, 15) is 5.11 Å². The van der Waals surface area contributed by atoms with E-state index in [1.54, 1.807) is 0 Å². The van der Waals surface area contributed by atoms with Crippen LogP contribution in [-0.4, -0.2) is 54.9 Å². The summed E-state index contributed by atoms with van der Waals surface area (Å²) in [7, 11) is 0. The Balaban J connectivity index is 1.74. The summed E-state index contributed by atoms with van der Waals surface area (Å²) in [4.78, 5) is 6.83. The van der Waals surface area contributed by atoms with Crippen molar-refractivity contribution in [1.29, 1.82) is 0 Å². The lowest BCUT2D eigenvalue weighted by Crippen LogP contribution is -2.40. The highest BCUT2D eigenvalue weighted by Gasteiger charge is 2.22. The van der Waals surface area contributed by atoms with E-state index in [0.717, 1.165) is 32.0 Å². The number of rotatable bonds is 7. The molecule has 1 saturated heterocycles. The lowest BCUT2D eigenvalue weighted by Gasteiger charge is -2.21. The number of nitrogens with one attached hydrogen (secondary N) is 1. The number of benzene rings is 1. The van der Waals surface area contributed by atoms with E-state index in [1.807, 2.05) is 18.2 Å². The van der Waals surface area contributed by atoms with Crippen molar-refractivity contribution >= 4 is 5.96 Å². The third-order valence-electron chi connectivity index (χ3n) is 3.86. The molecule has 128 valence electrons. The maximum Gasteiger partial charge on any atom is 0.194 e. The number of aliphatic imine (C=N–C) groups is 1. The first-order chi connectivity index (χ1) is 11.2. The van der Waals surface area contributed by atoms with Gasteiger partial charge in [-0.05, 0) is 24.8 Å². The molecule has 1 aliphatic heterocycles. The van der Waals surface area contributed by atoms with Gasteiger partial charge in [0.2, 0.25) is 0 Å². The predicted octanol–water partition coefficient (Wildman–Crippen LogP) is 1.87. The molecule has 1 aromatic carbocycles. The van der Waals surface area contributed by atoms with E-state index in [4.69, 9.17) is 9.73 Å². The van der Waals surface area contributed by atoms with Crippen LogP contribution < -0.4 is 5.32 Å². The zero-order valence-corrected chi connectivity index (χ0v) is 14.2. The second-order valence-electron chi connectivity index (χ2n) is 6.19. The van der Waals surface area contributed by atoms with E-state index in [-0.39, 0.29) is 6.10 Å². The summed E-state index contributed by atoms with van der Waals surface area (Å²) in [6.07, 6.45) is 0.589. The summed E-state index contributed by atoms with van der Waals surface area (Å²) >= 11 is 0. The van der Waals surface area contributed by atoms with Crippen LogP contribution in [-0.2, 0) is 11.3 Å². The molecule has 23 heavy (non-hydrogen) atoms. The van der Waals surface area contributed by atoms with Gasteiger partial charge in [0.15, 0.2) is 5.96 Å². The fraction of sp³-hybridized carbons (Fsp3) is 0.611.